The number of nitro groups is 1. The number of benzene rings is 2. The molecular weight excluding hydrogens is 282 g/mol. The fourth-order valence-corrected chi connectivity index (χ4v) is 2.09. The van der Waals surface area contributed by atoms with Crippen molar-refractivity contribution in [2.24, 2.45) is 0 Å². The molecule has 0 bridgehead atoms. The van der Waals surface area contributed by atoms with Gasteiger partial charge in [-0.15, -0.1) is 0 Å². The van der Waals surface area contributed by atoms with Crippen molar-refractivity contribution < 1.29 is 9.66 Å². The van der Waals surface area contributed by atoms with Crippen LogP contribution in [0.2, 0.25) is 0 Å². The van der Waals surface area contributed by atoms with Crippen LogP contribution in [-0.4, -0.2) is 12.0 Å². The number of hydrogen-bond acceptors (Lipinski definition) is 5. The number of para-hydroxylation sites is 1. The van der Waals surface area contributed by atoms with E-state index in [9.17, 15) is 15.4 Å². The standard InChI is InChI=1S/C16H15N3O3/c1-22-13-8-6-12(7-9-13)11-18-15(10-17)14-4-2-3-5-16(14)19(20)21/h2-9,15,18H,11H2,1H3. The van der Waals surface area contributed by atoms with Gasteiger partial charge < -0.3 is 4.74 Å². The number of nitrogens with zero attached hydrogens (tertiary/aromatic N) is 2. The molecule has 2 aromatic carbocycles. The summed E-state index contributed by atoms with van der Waals surface area (Å²) in [5.74, 6) is 0.749. The molecule has 0 aliphatic carbocycles. The zero-order valence-corrected chi connectivity index (χ0v) is 12.0. The highest BCUT2D eigenvalue weighted by Crippen LogP contribution is 2.24. The second-order valence-corrected chi connectivity index (χ2v) is 4.61. The second-order valence-electron chi connectivity index (χ2n) is 4.61. The summed E-state index contributed by atoms with van der Waals surface area (Å²) in [6.07, 6.45) is 0. The first-order valence-corrected chi connectivity index (χ1v) is 6.65. The molecule has 0 saturated heterocycles. The molecule has 6 nitrogen and oxygen atoms in total. The van der Waals surface area contributed by atoms with Crippen molar-refractivity contribution in [3.8, 4) is 11.8 Å². The Balaban J connectivity index is 2.13. The van der Waals surface area contributed by atoms with Gasteiger partial charge in [-0.05, 0) is 23.8 Å². The Morgan fingerprint density at radius 3 is 2.55 bits per heavy atom. The maximum Gasteiger partial charge on any atom is 0.275 e. The van der Waals surface area contributed by atoms with Gasteiger partial charge in [0.15, 0.2) is 0 Å². The number of nitriles is 1. The molecular formula is C16H15N3O3. The lowest BCUT2D eigenvalue weighted by molar-refractivity contribution is -0.385. The molecule has 22 heavy (non-hydrogen) atoms. The van der Waals surface area contributed by atoms with Gasteiger partial charge in [-0.25, -0.2) is 0 Å². The minimum atomic E-state index is -0.747. The van der Waals surface area contributed by atoms with Crippen molar-refractivity contribution in [2.45, 2.75) is 12.6 Å². The van der Waals surface area contributed by atoms with Crippen molar-refractivity contribution in [3.05, 3.63) is 69.8 Å². The van der Waals surface area contributed by atoms with Crippen LogP contribution in [0.4, 0.5) is 5.69 Å². The normalized spacial score (nSPS) is 11.5. The first-order chi connectivity index (χ1) is 10.7. The van der Waals surface area contributed by atoms with E-state index in [1.54, 1.807) is 25.3 Å². The van der Waals surface area contributed by atoms with Crippen molar-refractivity contribution in [1.82, 2.24) is 5.32 Å². The lowest BCUT2D eigenvalue weighted by Gasteiger charge is -2.12. The van der Waals surface area contributed by atoms with Gasteiger partial charge in [-0.1, -0.05) is 24.3 Å². The van der Waals surface area contributed by atoms with Gasteiger partial charge in [0.2, 0.25) is 0 Å². The van der Waals surface area contributed by atoms with Crippen LogP contribution in [-0.2, 0) is 6.54 Å². The zero-order valence-electron chi connectivity index (χ0n) is 12.0. The first kappa shape index (κ1) is 15.5. The highest BCUT2D eigenvalue weighted by Gasteiger charge is 2.20. The fraction of sp³-hybridized carbons (Fsp3) is 0.188. The highest BCUT2D eigenvalue weighted by atomic mass is 16.6. The maximum atomic E-state index is 11.0. The molecule has 0 radical (unpaired) electrons. The van der Waals surface area contributed by atoms with Gasteiger partial charge in [0, 0.05) is 12.6 Å². The quantitative estimate of drug-likeness (QED) is 0.654. The number of methoxy groups -OCH3 is 1. The fourth-order valence-electron chi connectivity index (χ4n) is 2.09. The summed E-state index contributed by atoms with van der Waals surface area (Å²) in [6.45, 7) is 0.425. The van der Waals surface area contributed by atoms with Crippen LogP contribution in [0.5, 0.6) is 5.75 Å². The SMILES string of the molecule is COc1ccc(CNC(C#N)c2ccccc2[N+](=O)[O-])cc1. The minimum absolute atomic E-state index is 0.0590. The molecule has 1 atom stereocenters. The molecule has 2 rings (SSSR count). The zero-order chi connectivity index (χ0) is 15.9. The van der Waals surface area contributed by atoms with Crippen LogP contribution in [0.3, 0.4) is 0 Å². The maximum absolute atomic E-state index is 11.0. The van der Waals surface area contributed by atoms with Gasteiger partial charge in [0.1, 0.15) is 11.8 Å². The van der Waals surface area contributed by atoms with Crippen LogP contribution in [0.25, 0.3) is 0 Å². The van der Waals surface area contributed by atoms with Crippen LogP contribution >= 0.6 is 0 Å². The van der Waals surface area contributed by atoms with Gasteiger partial charge >= 0.3 is 0 Å². The van der Waals surface area contributed by atoms with Gasteiger partial charge in [-0.3, -0.25) is 15.4 Å². The number of rotatable bonds is 6. The number of ether oxygens (including phenoxy) is 1. The Kier molecular flexibility index (Phi) is 5.07. The Hall–Kier alpha value is -2.91. The lowest BCUT2D eigenvalue weighted by atomic mass is 10.1. The molecule has 112 valence electrons. The van der Waals surface area contributed by atoms with Crippen molar-refractivity contribution >= 4 is 5.69 Å². The summed E-state index contributed by atoms with van der Waals surface area (Å²) in [7, 11) is 1.59. The third kappa shape index (κ3) is 3.59. The summed E-state index contributed by atoms with van der Waals surface area (Å²) < 4.78 is 5.08. The average molecular weight is 297 g/mol. The molecule has 6 heteroatoms. The largest absolute Gasteiger partial charge is 0.497 e. The number of hydrogen-bond donors (Lipinski definition) is 1. The van der Waals surface area contributed by atoms with E-state index < -0.39 is 11.0 Å². The minimum Gasteiger partial charge on any atom is -0.497 e. The van der Waals surface area contributed by atoms with E-state index in [0.717, 1.165) is 11.3 Å². The molecule has 0 spiro atoms. The number of nitrogens with one attached hydrogen (secondary N) is 1. The predicted octanol–water partition coefficient (Wildman–Crippen LogP) is 2.96. The highest BCUT2D eigenvalue weighted by molar-refractivity contribution is 5.44. The topological polar surface area (TPSA) is 88.2 Å². The Labute approximate surface area is 128 Å². The summed E-state index contributed by atoms with van der Waals surface area (Å²) in [6, 6.07) is 15.0. The van der Waals surface area contributed by atoms with E-state index in [1.165, 1.54) is 6.07 Å². The monoisotopic (exact) mass is 297 g/mol. The summed E-state index contributed by atoms with van der Waals surface area (Å²) in [5.41, 5.74) is 1.26. The smallest absolute Gasteiger partial charge is 0.275 e. The van der Waals surface area contributed by atoms with E-state index in [-0.39, 0.29) is 5.69 Å². The second kappa shape index (κ2) is 7.20. The Bertz CT molecular complexity index is 693. The summed E-state index contributed by atoms with van der Waals surface area (Å²) in [5, 5.41) is 23.4. The van der Waals surface area contributed by atoms with Crippen LogP contribution < -0.4 is 10.1 Å². The molecule has 0 heterocycles. The average Bonchev–Trinajstić information content (AvgIpc) is 2.56. The molecule has 0 amide bonds. The molecule has 0 fully saturated rings. The Morgan fingerprint density at radius 1 is 1.27 bits per heavy atom. The van der Waals surface area contributed by atoms with E-state index in [1.807, 2.05) is 24.3 Å². The van der Waals surface area contributed by atoms with Gasteiger partial charge in [-0.2, -0.15) is 5.26 Å². The molecule has 0 aromatic heterocycles. The molecule has 1 unspecified atom stereocenters. The first-order valence-electron chi connectivity index (χ1n) is 6.65. The van der Waals surface area contributed by atoms with Gasteiger partial charge in [0.25, 0.3) is 5.69 Å². The predicted molar refractivity (Wildman–Crippen MR) is 81.3 cm³/mol. The van der Waals surface area contributed by atoms with Crippen molar-refractivity contribution in [2.75, 3.05) is 7.11 Å². The van der Waals surface area contributed by atoms with E-state index in [4.69, 9.17) is 4.74 Å². The van der Waals surface area contributed by atoms with E-state index in [0.29, 0.717) is 12.1 Å². The van der Waals surface area contributed by atoms with E-state index >= 15 is 0 Å². The lowest BCUT2D eigenvalue weighted by Crippen LogP contribution is -2.20. The Morgan fingerprint density at radius 2 is 1.95 bits per heavy atom. The molecule has 0 saturated carbocycles. The summed E-state index contributed by atoms with van der Waals surface area (Å²) >= 11 is 0. The van der Waals surface area contributed by atoms with Gasteiger partial charge in [0.05, 0.1) is 23.7 Å². The van der Waals surface area contributed by atoms with Crippen LogP contribution in [0, 0.1) is 21.4 Å². The molecule has 0 aliphatic heterocycles. The number of nitro benzene ring substituents is 1. The molecule has 1 N–H and O–H groups in total. The molecule has 0 aliphatic rings. The van der Waals surface area contributed by atoms with Crippen molar-refractivity contribution in [1.29, 1.82) is 5.26 Å². The van der Waals surface area contributed by atoms with Crippen LogP contribution in [0.15, 0.2) is 48.5 Å². The van der Waals surface area contributed by atoms with Crippen LogP contribution in [0.1, 0.15) is 17.2 Å². The molecule has 2 aromatic rings. The van der Waals surface area contributed by atoms with E-state index in [2.05, 4.69) is 11.4 Å². The van der Waals surface area contributed by atoms with Crippen molar-refractivity contribution in [3.63, 3.8) is 0 Å². The summed E-state index contributed by atoms with van der Waals surface area (Å²) in [4.78, 5) is 10.6. The third-order valence-corrected chi connectivity index (χ3v) is 3.24. The third-order valence-electron chi connectivity index (χ3n) is 3.24.